The quantitative estimate of drug-likeness (QED) is 0.407. The van der Waals surface area contributed by atoms with E-state index in [2.05, 4.69) is 13.0 Å². The number of cyclic esters (lactones) is 1. The van der Waals surface area contributed by atoms with Gasteiger partial charge in [-0.15, -0.1) is 0 Å². The fraction of sp³-hybridized carbons (Fsp3) is 0.882. The second-order valence-electron chi connectivity index (χ2n) is 13.9. The van der Waals surface area contributed by atoms with Gasteiger partial charge in [0.1, 0.15) is 24.4 Å². The molecular formula is C34H54O9. The van der Waals surface area contributed by atoms with Crippen LogP contribution < -0.4 is 0 Å². The fourth-order valence-corrected chi connectivity index (χ4v) is 8.96. The third-order valence-electron chi connectivity index (χ3n) is 11.3. The van der Waals surface area contributed by atoms with Gasteiger partial charge in [-0.25, -0.2) is 0 Å². The number of aliphatic hydroxyl groups is 2. The van der Waals surface area contributed by atoms with Crippen molar-refractivity contribution in [3.8, 4) is 0 Å². The first-order valence-corrected chi connectivity index (χ1v) is 16.8. The Morgan fingerprint density at radius 1 is 0.977 bits per heavy atom. The van der Waals surface area contributed by atoms with Crippen molar-refractivity contribution in [2.24, 2.45) is 35.5 Å². The van der Waals surface area contributed by atoms with Crippen LogP contribution in [0, 0.1) is 35.5 Å². The van der Waals surface area contributed by atoms with Crippen LogP contribution in [-0.4, -0.2) is 85.2 Å². The third-order valence-corrected chi connectivity index (χ3v) is 11.3. The Labute approximate surface area is 257 Å². The maximum Gasteiger partial charge on any atom is 0.306 e. The molecule has 14 atom stereocenters. The van der Waals surface area contributed by atoms with Crippen LogP contribution in [0.2, 0.25) is 0 Å². The minimum atomic E-state index is -0.862. The molecule has 5 unspecified atom stereocenters. The van der Waals surface area contributed by atoms with Crippen molar-refractivity contribution in [2.45, 2.75) is 140 Å². The molecule has 9 nitrogen and oxygen atoms in total. The lowest BCUT2D eigenvalue weighted by Gasteiger charge is -2.42. The topological polar surface area (TPSA) is 121 Å². The molecule has 0 radical (unpaired) electrons. The average Bonchev–Trinajstić information content (AvgIpc) is 3.55. The number of unbranched alkanes of at least 4 members (excludes halogenated alkanes) is 1. The minimum Gasteiger partial charge on any atom is -0.462 e. The van der Waals surface area contributed by atoms with Crippen molar-refractivity contribution in [2.75, 3.05) is 14.2 Å². The summed E-state index contributed by atoms with van der Waals surface area (Å²) in [6.07, 6.45) is 7.03. The molecule has 4 fully saturated rings. The van der Waals surface area contributed by atoms with Gasteiger partial charge < -0.3 is 33.9 Å². The van der Waals surface area contributed by atoms with Crippen LogP contribution in [0.25, 0.3) is 0 Å². The van der Waals surface area contributed by atoms with Crippen LogP contribution in [0.4, 0.5) is 0 Å². The van der Waals surface area contributed by atoms with Crippen molar-refractivity contribution in [3.05, 3.63) is 11.6 Å². The number of esters is 1. The molecule has 43 heavy (non-hydrogen) atoms. The normalized spacial score (nSPS) is 45.7. The molecule has 0 aromatic carbocycles. The van der Waals surface area contributed by atoms with E-state index in [0.29, 0.717) is 18.3 Å². The number of carbonyl (C=O) groups is 2. The molecule has 0 aromatic rings. The van der Waals surface area contributed by atoms with Gasteiger partial charge in [0, 0.05) is 26.1 Å². The highest BCUT2D eigenvalue weighted by molar-refractivity contribution is 5.99. The van der Waals surface area contributed by atoms with Gasteiger partial charge in [-0.2, -0.15) is 0 Å². The highest BCUT2D eigenvalue weighted by atomic mass is 16.7. The van der Waals surface area contributed by atoms with Gasteiger partial charge >= 0.3 is 5.97 Å². The summed E-state index contributed by atoms with van der Waals surface area (Å²) in [5.41, 5.74) is 0.729. The number of ether oxygens (including phenoxy) is 5. The molecule has 0 bridgehead atoms. The largest absolute Gasteiger partial charge is 0.462 e. The Hall–Kier alpha value is -1.36. The molecule has 5 aliphatic rings. The highest BCUT2D eigenvalue weighted by Crippen LogP contribution is 2.56. The second kappa shape index (κ2) is 14.4. The Kier molecular flexibility index (Phi) is 11.0. The third kappa shape index (κ3) is 6.92. The van der Waals surface area contributed by atoms with Crippen molar-refractivity contribution in [1.82, 2.24) is 0 Å². The van der Waals surface area contributed by atoms with Crippen molar-refractivity contribution < 1.29 is 43.5 Å². The number of hydrogen-bond acceptors (Lipinski definition) is 9. The Bertz CT molecular complexity index is 998. The zero-order valence-electron chi connectivity index (χ0n) is 26.7. The van der Waals surface area contributed by atoms with E-state index < -0.39 is 36.6 Å². The molecule has 2 heterocycles. The Morgan fingerprint density at radius 2 is 1.74 bits per heavy atom. The van der Waals surface area contributed by atoms with Gasteiger partial charge in [0.25, 0.3) is 0 Å². The molecule has 5 rings (SSSR count). The number of carbonyl (C=O) groups excluding carboxylic acids is 2. The zero-order chi connectivity index (χ0) is 30.8. The van der Waals surface area contributed by atoms with Gasteiger partial charge in [0.05, 0.1) is 24.7 Å². The number of methoxy groups -OCH3 is 2. The lowest BCUT2D eigenvalue weighted by Crippen LogP contribution is -2.59. The lowest BCUT2D eigenvalue weighted by atomic mass is 9.66. The van der Waals surface area contributed by atoms with Crippen molar-refractivity contribution >= 4 is 11.8 Å². The highest BCUT2D eigenvalue weighted by Gasteiger charge is 2.53. The van der Waals surface area contributed by atoms with E-state index in [9.17, 15) is 19.8 Å². The summed E-state index contributed by atoms with van der Waals surface area (Å²) in [7, 11) is 3.11. The SMILES string of the molecule is CCCC[C@H]1CCC[C@H](O)[C@@H](C)C(=O)C2=CC3C4CC(O[C@@H]5O[C@@H](C)[C@H](OC)[C@@H](O)[C@H]5OC)CC4CC[C@H]3C2CC(=O)O1. The first kappa shape index (κ1) is 33.0. The maximum absolute atomic E-state index is 13.8. The van der Waals surface area contributed by atoms with Crippen LogP contribution in [0.3, 0.4) is 0 Å². The lowest BCUT2D eigenvalue weighted by molar-refractivity contribution is -0.311. The predicted molar refractivity (Wildman–Crippen MR) is 159 cm³/mol. The molecule has 3 aliphatic carbocycles. The van der Waals surface area contributed by atoms with E-state index >= 15 is 0 Å². The predicted octanol–water partition coefficient (Wildman–Crippen LogP) is 4.36. The molecule has 9 heteroatoms. The monoisotopic (exact) mass is 606 g/mol. The molecule has 0 amide bonds. The molecule has 0 aromatic heterocycles. The average molecular weight is 607 g/mol. The standard InChI is InChI=1S/C34H54O9/c1-6-7-9-21-10-8-11-28(35)18(2)30(37)27-16-25-23(26(27)17-29(36)42-21)13-12-20-14-22(15-24(20)25)43-34-33(40-5)31(38)32(39-4)19(3)41-34/h16,18-26,28,31-35,38H,6-15,17H2,1-5H3/t18-,19+,20?,21+,22?,23-,24?,25?,26?,28+,31-,32+,33-,34+/m1/s1. The van der Waals surface area contributed by atoms with Crippen LogP contribution >= 0.6 is 0 Å². The number of ketones is 1. The van der Waals surface area contributed by atoms with E-state index in [0.717, 1.165) is 63.4 Å². The van der Waals surface area contributed by atoms with Crippen LogP contribution in [0.15, 0.2) is 11.6 Å². The minimum absolute atomic E-state index is 0.0145. The Balaban J connectivity index is 1.32. The zero-order valence-corrected chi connectivity index (χ0v) is 26.7. The number of fused-ring (bicyclic) bond motifs is 5. The van der Waals surface area contributed by atoms with Gasteiger partial charge in [-0.05, 0) is 87.5 Å². The number of rotatable bonds is 7. The van der Waals surface area contributed by atoms with Gasteiger partial charge in [-0.3, -0.25) is 9.59 Å². The second-order valence-corrected chi connectivity index (χ2v) is 13.9. The van der Waals surface area contributed by atoms with E-state index in [1.165, 1.54) is 0 Å². The molecule has 2 saturated heterocycles. The van der Waals surface area contributed by atoms with E-state index in [-0.39, 0.29) is 54.2 Å². The van der Waals surface area contributed by atoms with Crippen LogP contribution in [0.5, 0.6) is 0 Å². The van der Waals surface area contributed by atoms with Gasteiger partial charge in [0.15, 0.2) is 12.1 Å². The summed E-state index contributed by atoms with van der Waals surface area (Å²) in [6.45, 7) is 5.85. The number of aliphatic hydroxyl groups excluding tert-OH is 2. The molecule has 2 aliphatic heterocycles. The Morgan fingerprint density at radius 3 is 2.47 bits per heavy atom. The van der Waals surface area contributed by atoms with E-state index in [1.807, 2.05) is 13.8 Å². The molecular weight excluding hydrogens is 552 g/mol. The number of hydrogen-bond donors (Lipinski definition) is 2. The first-order chi connectivity index (χ1) is 20.7. The fourth-order valence-electron chi connectivity index (χ4n) is 8.96. The summed E-state index contributed by atoms with van der Waals surface area (Å²) >= 11 is 0. The summed E-state index contributed by atoms with van der Waals surface area (Å²) in [5.74, 6) is 0.291. The smallest absolute Gasteiger partial charge is 0.306 e. The van der Waals surface area contributed by atoms with Crippen LogP contribution in [0.1, 0.15) is 91.4 Å². The summed E-state index contributed by atoms with van der Waals surface area (Å²) < 4.78 is 29.7. The number of allylic oxidation sites excluding steroid dienone is 2. The van der Waals surface area contributed by atoms with Gasteiger partial charge in [-0.1, -0.05) is 32.8 Å². The van der Waals surface area contributed by atoms with Crippen LogP contribution in [-0.2, 0) is 33.3 Å². The van der Waals surface area contributed by atoms with Gasteiger partial charge in [0.2, 0.25) is 0 Å². The van der Waals surface area contributed by atoms with Crippen molar-refractivity contribution in [3.63, 3.8) is 0 Å². The van der Waals surface area contributed by atoms with E-state index in [1.54, 1.807) is 14.2 Å². The maximum atomic E-state index is 13.8. The first-order valence-electron chi connectivity index (χ1n) is 16.8. The van der Waals surface area contributed by atoms with Crippen molar-refractivity contribution in [1.29, 1.82) is 0 Å². The molecule has 244 valence electrons. The molecule has 2 N–H and O–H groups in total. The molecule has 2 saturated carbocycles. The molecule has 0 spiro atoms. The van der Waals surface area contributed by atoms with E-state index in [4.69, 9.17) is 23.7 Å². The summed E-state index contributed by atoms with van der Waals surface area (Å²) in [4.78, 5) is 27.2. The number of Topliss-reactive ketones (excluding diaryl/α,β-unsaturated/α-hetero) is 1. The summed E-state index contributed by atoms with van der Waals surface area (Å²) in [6, 6.07) is 0. The summed E-state index contributed by atoms with van der Waals surface area (Å²) in [5, 5.41) is 21.8.